The molecule has 0 bridgehead atoms. The quantitative estimate of drug-likeness (QED) is 0.0172. The lowest BCUT2D eigenvalue weighted by molar-refractivity contribution is -0.332. The van der Waals surface area contributed by atoms with E-state index in [4.69, 9.17) is 28.4 Å². The molecule has 7 N–H and O–H groups in total. The fraction of sp³-hybridized carbons (Fsp3) is 0.646. The van der Waals surface area contributed by atoms with Crippen LogP contribution in [0.1, 0.15) is 168 Å². The summed E-state index contributed by atoms with van der Waals surface area (Å²) in [6.45, 7) is 3.33. The first-order valence-corrected chi connectivity index (χ1v) is 29.8. The van der Waals surface area contributed by atoms with Gasteiger partial charge in [-0.3, -0.25) is 4.79 Å². The smallest absolute Gasteiger partial charge is 0.306 e. The minimum atomic E-state index is -1.73. The van der Waals surface area contributed by atoms with E-state index in [9.17, 15) is 40.5 Å². The number of ether oxygens (including phenoxy) is 6. The fourth-order valence-corrected chi connectivity index (χ4v) is 8.45. The highest BCUT2D eigenvalue weighted by Crippen LogP contribution is 2.26. The molecule has 0 aliphatic carbocycles. The van der Waals surface area contributed by atoms with Crippen molar-refractivity contribution in [1.82, 2.24) is 0 Å². The van der Waals surface area contributed by atoms with Crippen LogP contribution in [-0.2, 0) is 33.2 Å². The summed E-state index contributed by atoms with van der Waals surface area (Å²) in [5.74, 6) is -0.464. The fourth-order valence-electron chi connectivity index (χ4n) is 8.45. The van der Waals surface area contributed by atoms with Crippen LogP contribution in [0.15, 0.2) is 134 Å². The molecule has 79 heavy (non-hydrogen) atoms. The summed E-state index contributed by atoms with van der Waals surface area (Å²) in [5.41, 5.74) is 0. The third-order valence-corrected chi connectivity index (χ3v) is 13.2. The molecule has 2 aliphatic heterocycles. The van der Waals surface area contributed by atoms with Crippen molar-refractivity contribution in [2.45, 2.75) is 235 Å². The molecule has 0 aromatic rings. The Morgan fingerprint density at radius 3 is 1.23 bits per heavy atom. The van der Waals surface area contributed by atoms with Gasteiger partial charge >= 0.3 is 5.97 Å². The monoisotopic (exact) mass is 1110 g/mol. The van der Waals surface area contributed by atoms with Gasteiger partial charge in [0.2, 0.25) is 0 Å². The zero-order valence-corrected chi connectivity index (χ0v) is 48.0. The normalized spacial score (nSPS) is 25.0. The maximum absolute atomic E-state index is 13.0. The van der Waals surface area contributed by atoms with Gasteiger partial charge in [0.25, 0.3) is 0 Å². The van der Waals surface area contributed by atoms with Crippen LogP contribution in [0.3, 0.4) is 0 Å². The van der Waals surface area contributed by atoms with Crippen molar-refractivity contribution in [3.8, 4) is 0 Å². The van der Waals surface area contributed by atoms with Gasteiger partial charge in [-0.25, -0.2) is 0 Å². The summed E-state index contributed by atoms with van der Waals surface area (Å²) in [4.78, 5) is 13.0. The zero-order valence-electron chi connectivity index (χ0n) is 48.0. The van der Waals surface area contributed by atoms with Gasteiger partial charge in [0.1, 0.15) is 54.9 Å². The van der Waals surface area contributed by atoms with Crippen molar-refractivity contribution in [2.24, 2.45) is 0 Å². The molecule has 0 saturated carbocycles. The molecule has 14 heteroatoms. The molecule has 11 atom stereocenters. The van der Waals surface area contributed by atoms with E-state index < -0.39 is 86.7 Å². The standard InChI is InChI=1S/C65H104O14/c1-3-5-7-9-11-13-15-17-19-21-23-24-25-26-27-28-29-31-33-35-37-39-41-43-45-47-49-74-51-54(77-57(67)48-46-44-42-40-38-36-34-32-30-22-20-18-16-14-12-10-8-6-4-2)52-75-64-63(73)61(71)59(69)56(79-64)53-76-65-62(72)60(70)58(68)55(50-66)78-65/h5-8,11-14,17-20,23-24,26-27,30,32,36,38,42,44,54-56,58-66,68-73H,3-4,9-10,15-16,21-22,25,28-29,31,33-35,37,39-41,43,45-53H2,1-2H3/b7-5-,8-6-,13-11-,14-12-,19-17-,20-18-,24-23-,27-26-,32-30-,38-36-,44-42-. The number of allylic oxidation sites excluding steroid dienone is 22. The third-order valence-electron chi connectivity index (χ3n) is 13.2. The summed E-state index contributed by atoms with van der Waals surface area (Å²) in [5, 5.41) is 72.4. The van der Waals surface area contributed by atoms with E-state index in [0.717, 1.165) is 96.3 Å². The number of esters is 1. The van der Waals surface area contributed by atoms with Crippen LogP contribution >= 0.6 is 0 Å². The Kier molecular flexibility index (Phi) is 45.0. The number of aliphatic hydroxyl groups excluding tert-OH is 7. The molecule has 2 aliphatic rings. The van der Waals surface area contributed by atoms with Gasteiger partial charge in [-0.1, -0.05) is 199 Å². The van der Waals surface area contributed by atoms with Crippen LogP contribution < -0.4 is 0 Å². The SMILES string of the molecule is CC/C=C\C/C=C\C/C=C\C/C=C\C/C=C\C/C=C\CCC(=O)OC(COCCCCCCCCCCCC/C=C\C/C=C\C/C=C\C/C=C\C/C=C\CC)COC1OC(COC2OC(CO)C(O)C(O)C2O)C(O)C(O)C1O. The molecule has 11 unspecified atom stereocenters. The summed E-state index contributed by atoms with van der Waals surface area (Å²) in [6.07, 6.45) is 55.2. The molecule has 0 aromatic heterocycles. The Morgan fingerprint density at radius 2 is 0.785 bits per heavy atom. The van der Waals surface area contributed by atoms with Gasteiger partial charge in [-0.05, 0) is 96.3 Å². The van der Waals surface area contributed by atoms with Crippen molar-refractivity contribution in [1.29, 1.82) is 0 Å². The second kappa shape index (κ2) is 49.9. The first-order valence-electron chi connectivity index (χ1n) is 29.8. The third kappa shape index (κ3) is 36.3. The van der Waals surface area contributed by atoms with E-state index in [1.807, 2.05) is 12.2 Å². The maximum atomic E-state index is 13.0. The molecule has 0 aromatic carbocycles. The Balaban J connectivity index is 1.73. The van der Waals surface area contributed by atoms with Gasteiger partial charge in [0, 0.05) is 13.0 Å². The van der Waals surface area contributed by atoms with Crippen LogP contribution in [0.25, 0.3) is 0 Å². The summed E-state index contributed by atoms with van der Waals surface area (Å²) >= 11 is 0. The predicted molar refractivity (Wildman–Crippen MR) is 316 cm³/mol. The molecule has 0 spiro atoms. The Hall–Kier alpha value is -3.87. The van der Waals surface area contributed by atoms with Crippen molar-refractivity contribution >= 4 is 5.97 Å². The van der Waals surface area contributed by atoms with Crippen molar-refractivity contribution in [2.75, 3.05) is 33.0 Å². The van der Waals surface area contributed by atoms with Crippen molar-refractivity contribution in [3.05, 3.63) is 134 Å². The van der Waals surface area contributed by atoms with Crippen LogP contribution in [0.2, 0.25) is 0 Å². The number of unbranched alkanes of at least 4 members (excludes halogenated alkanes) is 10. The van der Waals surface area contributed by atoms with Crippen LogP contribution in [-0.4, -0.2) is 142 Å². The number of aliphatic hydroxyl groups is 7. The number of hydrogen-bond donors (Lipinski definition) is 7. The highest BCUT2D eigenvalue weighted by molar-refractivity contribution is 5.69. The van der Waals surface area contributed by atoms with Gasteiger partial charge in [-0.2, -0.15) is 0 Å². The molecule has 2 heterocycles. The highest BCUT2D eigenvalue weighted by Gasteiger charge is 2.47. The molecule has 2 fully saturated rings. The number of hydrogen-bond acceptors (Lipinski definition) is 14. The maximum Gasteiger partial charge on any atom is 0.306 e. The van der Waals surface area contributed by atoms with Gasteiger partial charge in [0.15, 0.2) is 12.6 Å². The first kappa shape index (κ1) is 71.2. The van der Waals surface area contributed by atoms with E-state index in [0.29, 0.717) is 13.0 Å². The van der Waals surface area contributed by atoms with Crippen molar-refractivity contribution < 1.29 is 69.0 Å². The topological polar surface area (TPSA) is 214 Å². The Labute approximate surface area is 475 Å². The van der Waals surface area contributed by atoms with E-state index in [2.05, 4.69) is 135 Å². The largest absolute Gasteiger partial charge is 0.457 e. The first-order chi connectivity index (χ1) is 38.6. The van der Waals surface area contributed by atoms with E-state index in [1.165, 1.54) is 44.9 Å². The lowest BCUT2D eigenvalue weighted by atomic mass is 9.98. The molecule has 448 valence electrons. The second-order valence-electron chi connectivity index (χ2n) is 20.1. The van der Waals surface area contributed by atoms with E-state index in [-0.39, 0.29) is 19.6 Å². The molecule has 2 rings (SSSR count). The molecular weight excluding hydrogens is 1000 g/mol. The predicted octanol–water partition coefficient (Wildman–Crippen LogP) is 11.1. The molecular formula is C65H104O14. The number of carbonyl (C=O) groups excluding carboxylic acids is 1. The van der Waals surface area contributed by atoms with Gasteiger partial charge in [0.05, 0.1) is 26.4 Å². The van der Waals surface area contributed by atoms with Gasteiger partial charge < -0.3 is 64.2 Å². The summed E-state index contributed by atoms with van der Waals surface area (Å²) < 4.78 is 34.3. The highest BCUT2D eigenvalue weighted by atomic mass is 16.7. The minimum absolute atomic E-state index is 0.0182. The average Bonchev–Trinajstić information content (AvgIpc) is 3.46. The van der Waals surface area contributed by atoms with Crippen molar-refractivity contribution in [3.63, 3.8) is 0 Å². The van der Waals surface area contributed by atoms with Crippen LogP contribution in [0.4, 0.5) is 0 Å². The van der Waals surface area contributed by atoms with E-state index >= 15 is 0 Å². The zero-order chi connectivity index (χ0) is 57.2. The van der Waals surface area contributed by atoms with E-state index in [1.54, 1.807) is 0 Å². The minimum Gasteiger partial charge on any atom is -0.457 e. The average molecular weight is 1110 g/mol. The number of carbonyl (C=O) groups is 1. The van der Waals surface area contributed by atoms with Gasteiger partial charge in [-0.15, -0.1) is 0 Å². The van der Waals surface area contributed by atoms with Crippen LogP contribution in [0, 0.1) is 0 Å². The summed E-state index contributed by atoms with van der Waals surface area (Å²) in [6, 6.07) is 0. The molecule has 2 saturated heterocycles. The summed E-state index contributed by atoms with van der Waals surface area (Å²) in [7, 11) is 0. The second-order valence-corrected chi connectivity index (χ2v) is 20.1. The molecule has 0 radical (unpaired) electrons. The Morgan fingerprint density at radius 1 is 0.418 bits per heavy atom. The lowest BCUT2D eigenvalue weighted by Gasteiger charge is -2.42. The Bertz CT molecular complexity index is 1810. The molecule has 14 nitrogen and oxygen atoms in total. The number of rotatable bonds is 46. The molecule has 0 amide bonds. The lowest BCUT2D eigenvalue weighted by Crippen LogP contribution is -2.61. The van der Waals surface area contributed by atoms with Crippen LogP contribution in [0.5, 0.6) is 0 Å².